The fourth-order valence-electron chi connectivity index (χ4n) is 2.58. The molecule has 12 heteroatoms. The van der Waals surface area contributed by atoms with Crippen LogP contribution in [0.3, 0.4) is 0 Å². The topological polar surface area (TPSA) is 157 Å². The standard InChI is InChI=1S/C17H14BrN9O2/c18-10-3-1-9(2-4-10)7-27-8-11(25-26-27)5-21-15(28)12-6-20-13-14(22-12)23-17(19)24-16(13)29/h1-4,6,8H,5,7H2,(H,21,28)(H3,19,22,23,24,29). The first-order chi connectivity index (χ1) is 14.0. The number of H-pyrrole nitrogens is 1. The molecule has 1 aromatic carbocycles. The number of fused-ring (bicyclic) bond motifs is 1. The average Bonchev–Trinajstić information content (AvgIpc) is 3.14. The van der Waals surface area contributed by atoms with Crippen LogP contribution in [0, 0.1) is 0 Å². The Labute approximate surface area is 171 Å². The van der Waals surface area contributed by atoms with Crippen molar-refractivity contribution < 1.29 is 4.79 Å². The molecule has 0 spiro atoms. The highest BCUT2D eigenvalue weighted by molar-refractivity contribution is 9.10. The normalized spacial score (nSPS) is 10.9. The fourth-order valence-corrected chi connectivity index (χ4v) is 2.84. The Bertz CT molecular complexity index is 1250. The average molecular weight is 456 g/mol. The number of aromatic amines is 1. The molecule has 0 saturated carbocycles. The van der Waals surface area contributed by atoms with Crippen LogP contribution in [-0.2, 0) is 13.1 Å². The van der Waals surface area contributed by atoms with Crippen molar-refractivity contribution in [3.05, 3.63) is 68.4 Å². The third-order valence-electron chi connectivity index (χ3n) is 3.94. The second-order valence-corrected chi connectivity index (χ2v) is 7.01. The molecular formula is C17H14BrN9O2. The van der Waals surface area contributed by atoms with E-state index in [2.05, 4.69) is 51.5 Å². The van der Waals surface area contributed by atoms with Crippen LogP contribution >= 0.6 is 15.9 Å². The molecule has 0 bridgehead atoms. The maximum atomic E-state index is 12.3. The molecule has 11 nitrogen and oxygen atoms in total. The summed E-state index contributed by atoms with van der Waals surface area (Å²) in [5.41, 5.74) is 6.65. The number of hydrogen-bond donors (Lipinski definition) is 3. The van der Waals surface area contributed by atoms with Gasteiger partial charge in [-0.1, -0.05) is 33.3 Å². The van der Waals surface area contributed by atoms with Gasteiger partial charge < -0.3 is 11.1 Å². The number of benzene rings is 1. The highest BCUT2D eigenvalue weighted by Crippen LogP contribution is 2.11. The van der Waals surface area contributed by atoms with Crippen LogP contribution in [0.25, 0.3) is 11.2 Å². The van der Waals surface area contributed by atoms with Crippen LogP contribution in [-0.4, -0.2) is 40.8 Å². The third-order valence-corrected chi connectivity index (χ3v) is 4.47. The van der Waals surface area contributed by atoms with Gasteiger partial charge in [0.05, 0.1) is 25.5 Å². The number of nitrogens with two attached hydrogens (primary N) is 1. The molecule has 0 fully saturated rings. The lowest BCUT2D eigenvalue weighted by molar-refractivity contribution is 0.0945. The number of anilines is 1. The molecule has 146 valence electrons. The van der Waals surface area contributed by atoms with Gasteiger partial charge in [-0.3, -0.25) is 14.6 Å². The Kier molecular flexibility index (Phi) is 4.99. The number of carbonyl (C=O) groups excluding carboxylic acids is 1. The van der Waals surface area contributed by atoms with Crippen molar-refractivity contribution in [1.29, 1.82) is 0 Å². The second-order valence-electron chi connectivity index (χ2n) is 6.10. The predicted molar refractivity (Wildman–Crippen MR) is 107 cm³/mol. The first-order valence-electron chi connectivity index (χ1n) is 8.42. The van der Waals surface area contributed by atoms with Crippen molar-refractivity contribution >= 4 is 38.9 Å². The van der Waals surface area contributed by atoms with Crippen molar-refractivity contribution in [3.8, 4) is 0 Å². The quantitative estimate of drug-likeness (QED) is 0.395. The van der Waals surface area contributed by atoms with Gasteiger partial charge in [0.15, 0.2) is 11.2 Å². The lowest BCUT2D eigenvalue weighted by Crippen LogP contribution is -2.25. The van der Waals surface area contributed by atoms with Crippen molar-refractivity contribution in [3.63, 3.8) is 0 Å². The SMILES string of the molecule is Nc1nc2nc(C(=O)NCc3cn(Cc4ccc(Br)cc4)nn3)cnc2c(=O)[nH]1. The predicted octanol–water partition coefficient (Wildman–Crippen LogP) is 0.628. The molecule has 0 atom stereocenters. The maximum absolute atomic E-state index is 12.3. The van der Waals surface area contributed by atoms with Crippen LogP contribution < -0.4 is 16.6 Å². The van der Waals surface area contributed by atoms with Crippen LogP contribution in [0.5, 0.6) is 0 Å². The van der Waals surface area contributed by atoms with Gasteiger partial charge in [0, 0.05) is 4.47 Å². The van der Waals surface area contributed by atoms with Gasteiger partial charge in [-0.25, -0.2) is 14.6 Å². The zero-order valence-corrected chi connectivity index (χ0v) is 16.4. The zero-order valence-electron chi connectivity index (χ0n) is 14.8. The molecule has 0 aliphatic carbocycles. The number of carbonyl (C=O) groups is 1. The molecule has 3 aromatic heterocycles. The minimum Gasteiger partial charge on any atom is -0.369 e. The first-order valence-corrected chi connectivity index (χ1v) is 9.21. The number of nitrogen functional groups attached to an aromatic ring is 1. The zero-order chi connectivity index (χ0) is 20.4. The van der Waals surface area contributed by atoms with E-state index in [1.54, 1.807) is 10.9 Å². The number of rotatable bonds is 5. The van der Waals surface area contributed by atoms with Crippen molar-refractivity contribution in [2.75, 3.05) is 5.73 Å². The van der Waals surface area contributed by atoms with Gasteiger partial charge in [0.2, 0.25) is 5.95 Å². The summed E-state index contributed by atoms with van der Waals surface area (Å²) in [6.07, 6.45) is 2.95. The Morgan fingerprint density at radius 1 is 1.24 bits per heavy atom. The van der Waals surface area contributed by atoms with Gasteiger partial charge in [-0.05, 0) is 17.7 Å². The molecule has 4 aromatic rings. The van der Waals surface area contributed by atoms with E-state index in [4.69, 9.17) is 5.73 Å². The molecule has 0 saturated heterocycles. The van der Waals surface area contributed by atoms with Crippen LogP contribution in [0.15, 0.2) is 45.9 Å². The summed E-state index contributed by atoms with van der Waals surface area (Å²) in [5.74, 6) is -0.584. The largest absolute Gasteiger partial charge is 0.369 e. The van der Waals surface area contributed by atoms with Gasteiger partial charge in [0.1, 0.15) is 11.4 Å². The maximum Gasteiger partial charge on any atom is 0.280 e. The molecule has 0 aliphatic rings. The van der Waals surface area contributed by atoms with Crippen LogP contribution in [0.2, 0.25) is 0 Å². The number of halogens is 1. The minimum absolute atomic E-state index is 0.000609. The van der Waals surface area contributed by atoms with E-state index >= 15 is 0 Å². The molecule has 0 aliphatic heterocycles. The van der Waals surface area contributed by atoms with E-state index in [0.717, 1.165) is 10.0 Å². The monoisotopic (exact) mass is 455 g/mol. The summed E-state index contributed by atoms with van der Waals surface area (Å²) < 4.78 is 2.68. The van der Waals surface area contributed by atoms with E-state index in [1.165, 1.54) is 6.20 Å². The summed E-state index contributed by atoms with van der Waals surface area (Å²) in [6.45, 7) is 0.718. The number of nitrogens with zero attached hydrogens (tertiary/aromatic N) is 6. The fraction of sp³-hybridized carbons (Fsp3) is 0.118. The van der Waals surface area contributed by atoms with E-state index in [0.29, 0.717) is 12.2 Å². The molecule has 29 heavy (non-hydrogen) atoms. The summed E-state index contributed by atoms with van der Waals surface area (Å²) in [7, 11) is 0. The summed E-state index contributed by atoms with van der Waals surface area (Å²) in [6, 6.07) is 7.87. The Morgan fingerprint density at radius 2 is 2.03 bits per heavy atom. The highest BCUT2D eigenvalue weighted by atomic mass is 79.9. The van der Waals surface area contributed by atoms with E-state index < -0.39 is 11.5 Å². The second kappa shape index (κ2) is 7.75. The number of nitrogens with one attached hydrogen (secondary N) is 2. The molecular weight excluding hydrogens is 442 g/mol. The Balaban J connectivity index is 1.42. The third kappa shape index (κ3) is 4.27. The molecule has 4 N–H and O–H groups in total. The lowest BCUT2D eigenvalue weighted by Gasteiger charge is -2.03. The van der Waals surface area contributed by atoms with Gasteiger partial charge in [0.25, 0.3) is 11.5 Å². The molecule has 3 heterocycles. The van der Waals surface area contributed by atoms with Gasteiger partial charge in [-0.15, -0.1) is 5.10 Å². The summed E-state index contributed by atoms with van der Waals surface area (Å²) in [4.78, 5) is 38.3. The molecule has 4 rings (SSSR count). The minimum atomic E-state index is -0.519. The van der Waals surface area contributed by atoms with Crippen molar-refractivity contribution in [2.45, 2.75) is 13.1 Å². The highest BCUT2D eigenvalue weighted by Gasteiger charge is 2.13. The van der Waals surface area contributed by atoms with E-state index in [9.17, 15) is 9.59 Å². The number of aromatic nitrogens is 7. The van der Waals surface area contributed by atoms with E-state index in [1.807, 2.05) is 24.3 Å². The molecule has 0 radical (unpaired) electrons. The first kappa shape index (κ1) is 18.7. The Hall–Kier alpha value is -3.67. The number of hydrogen-bond acceptors (Lipinski definition) is 8. The van der Waals surface area contributed by atoms with Crippen LogP contribution in [0.4, 0.5) is 5.95 Å². The summed E-state index contributed by atoms with van der Waals surface area (Å²) >= 11 is 3.40. The van der Waals surface area contributed by atoms with Crippen LogP contribution in [0.1, 0.15) is 21.7 Å². The smallest absolute Gasteiger partial charge is 0.280 e. The van der Waals surface area contributed by atoms with Crippen molar-refractivity contribution in [1.82, 2.24) is 40.2 Å². The Morgan fingerprint density at radius 3 is 2.83 bits per heavy atom. The van der Waals surface area contributed by atoms with Gasteiger partial charge in [-0.2, -0.15) is 4.98 Å². The van der Waals surface area contributed by atoms with E-state index in [-0.39, 0.29) is 29.4 Å². The molecule has 0 unspecified atom stereocenters. The lowest BCUT2D eigenvalue weighted by atomic mass is 10.2. The molecule has 1 amide bonds. The number of amides is 1. The van der Waals surface area contributed by atoms with Crippen molar-refractivity contribution in [2.24, 2.45) is 0 Å². The summed E-state index contributed by atoms with van der Waals surface area (Å²) in [5, 5.41) is 10.8. The van der Waals surface area contributed by atoms with Gasteiger partial charge >= 0.3 is 0 Å².